The van der Waals surface area contributed by atoms with E-state index in [1.807, 2.05) is 17.8 Å². The van der Waals surface area contributed by atoms with Gasteiger partial charge in [0.15, 0.2) is 5.76 Å². The quantitative estimate of drug-likeness (QED) is 0.868. The smallest absolute Gasteiger partial charge is 0.150 e. The molecular formula is C11H15N3OS. The van der Waals surface area contributed by atoms with Crippen molar-refractivity contribution in [3.8, 4) is 0 Å². The normalized spacial score (nSPS) is 11.2. The van der Waals surface area contributed by atoms with Crippen LogP contribution >= 0.6 is 11.3 Å². The topological polar surface area (TPSA) is 51.0 Å². The van der Waals surface area contributed by atoms with Gasteiger partial charge in [0.05, 0.1) is 17.7 Å². The van der Waals surface area contributed by atoms with Crippen molar-refractivity contribution in [1.82, 2.24) is 15.5 Å². The molecule has 2 heterocycles. The van der Waals surface area contributed by atoms with Crippen LogP contribution in [0, 0.1) is 0 Å². The van der Waals surface area contributed by atoms with Crippen molar-refractivity contribution in [2.45, 2.75) is 32.9 Å². The second kappa shape index (κ2) is 5.23. The molecule has 16 heavy (non-hydrogen) atoms. The summed E-state index contributed by atoms with van der Waals surface area (Å²) in [6.45, 7) is 5.73. The minimum atomic E-state index is 0.416. The Bertz CT molecular complexity index is 422. The Kier molecular flexibility index (Phi) is 3.69. The average molecular weight is 237 g/mol. The van der Waals surface area contributed by atoms with E-state index >= 15 is 0 Å². The summed E-state index contributed by atoms with van der Waals surface area (Å²) < 4.78 is 5.22. The van der Waals surface area contributed by atoms with E-state index in [2.05, 4.69) is 29.3 Å². The van der Waals surface area contributed by atoms with E-state index in [0.717, 1.165) is 18.0 Å². The van der Waals surface area contributed by atoms with Gasteiger partial charge in [-0.1, -0.05) is 19.0 Å². The van der Waals surface area contributed by atoms with Gasteiger partial charge >= 0.3 is 0 Å². The van der Waals surface area contributed by atoms with Crippen LogP contribution in [0.2, 0.25) is 0 Å². The molecule has 0 saturated carbocycles. The molecule has 0 aliphatic heterocycles. The molecule has 5 heteroatoms. The zero-order chi connectivity index (χ0) is 11.4. The highest BCUT2D eigenvalue weighted by molar-refractivity contribution is 7.09. The molecule has 0 aromatic carbocycles. The Morgan fingerprint density at radius 3 is 2.94 bits per heavy atom. The first kappa shape index (κ1) is 11.3. The minimum absolute atomic E-state index is 0.416. The third-order valence-corrected chi connectivity index (χ3v) is 3.03. The molecule has 0 radical (unpaired) electrons. The Morgan fingerprint density at radius 1 is 1.44 bits per heavy atom. The number of thiazole rings is 1. The highest BCUT2D eigenvalue weighted by atomic mass is 32.1. The Morgan fingerprint density at radius 2 is 2.31 bits per heavy atom. The van der Waals surface area contributed by atoms with Crippen LogP contribution in [0.25, 0.3) is 0 Å². The van der Waals surface area contributed by atoms with Crippen molar-refractivity contribution < 1.29 is 4.52 Å². The lowest BCUT2D eigenvalue weighted by Crippen LogP contribution is -2.11. The van der Waals surface area contributed by atoms with Gasteiger partial charge in [-0.05, 0) is 5.92 Å². The molecule has 0 amide bonds. The number of aromatic nitrogens is 2. The third-order valence-electron chi connectivity index (χ3n) is 2.25. The largest absolute Gasteiger partial charge is 0.360 e. The van der Waals surface area contributed by atoms with E-state index in [-0.39, 0.29) is 0 Å². The monoisotopic (exact) mass is 237 g/mol. The maximum absolute atomic E-state index is 5.22. The van der Waals surface area contributed by atoms with Crippen molar-refractivity contribution in [3.05, 3.63) is 34.1 Å². The fourth-order valence-electron chi connectivity index (χ4n) is 1.32. The molecule has 4 nitrogen and oxygen atoms in total. The van der Waals surface area contributed by atoms with Gasteiger partial charge in [-0.25, -0.2) is 0 Å². The maximum atomic E-state index is 5.22. The Balaban J connectivity index is 1.81. The van der Waals surface area contributed by atoms with Crippen LogP contribution in [0.3, 0.4) is 0 Å². The van der Waals surface area contributed by atoms with Gasteiger partial charge in [-0.15, -0.1) is 11.3 Å². The van der Waals surface area contributed by atoms with Crippen LogP contribution in [0.4, 0.5) is 0 Å². The summed E-state index contributed by atoms with van der Waals surface area (Å²) in [6.07, 6.45) is 1.87. The number of hydrogen-bond donors (Lipinski definition) is 1. The number of rotatable bonds is 5. The lowest BCUT2D eigenvalue weighted by molar-refractivity contribution is 0.365. The molecule has 0 fully saturated rings. The first-order chi connectivity index (χ1) is 7.75. The van der Waals surface area contributed by atoms with Crippen molar-refractivity contribution >= 4 is 11.3 Å². The first-order valence-electron chi connectivity index (χ1n) is 5.29. The summed E-state index contributed by atoms with van der Waals surface area (Å²) in [4.78, 5) is 5.24. The zero-order valence-electron chi connectivity index (χ0n) is 9.43. The number of nitrogens with one attached hydrogen (secondary N) is 1. The third kappa shape index (κ3) is 2.90. The molecule has 0 spiro atoms. The average Bonchev–Trinajstić information content (AvgIpc) is 2.87. The van der Waals surface area contributed by atoms with E-state index < -0.39 is 0 Å². The standard InChI is InChI=1S/C11H15N3OS/c1-8(2)11-3-9(15-14-11)4-12-5-10-6-13-7-16-10/h3,6-8,12H,4-5H2,1-2H3. The van der Waals surface area contributed by atoms with Crippen LogP contribution in [-0.2, 0) is 13.1 Å². The van der Waals surface area contributed by atoms with Crippen molar-refractivity contribution in [2.75, 3.05) is 0 Å². The van der Waals surface area contributed by atoms with Crippen molar-refractivity contribution in [3.63, 3.8) is 0 Å². The molecule has 0 atom stereocenters. The van der Waals surface area contributed by atoms with Gasteiger partial charge in [-0.2, -0.15) is 0 Å². The first-order valence-corrected chi connectivity index (χ1v) is 6.17. The predicted octanol–water partition coefficient (Wildman–Crippen LogP) is 2.54. The van der Waals surface area contributed by atoms with Crippen molar-refractivity contribution in [1.29, 1.82) is 0 Å². The van der Waals surface area contributed by atoms with Gasteiger partial charge < -0.3 is 9.84 Å². The summed E-state index contributed by atoms with van der Waals surface area (Å²) in [5.41, 5.74) is 2.84. The molecule has 86 valence electrons. The van der Waals surface area contributed by atoms with Gasteiger partial charge in [0, 0.05) is 23.7 Å². The second-order valence-electron chi connectivity index (χ2n) is 3.94. The van der Waals surface area contributed by atoms with Gasteiger partial charge in [-0.3, -0.25) is 4.98 Å². The maximum Gasteiger partial charge on any atom is 0.150 e. The molecule has 0 aliphatic carbocycles. The van der Waals surface area contributed by atoms with Crippen LogP contribution in [0.15, 0.2) is 22.3 Å². The van der Waals surface area contributed by atoms with E-state index in [1.54, 1.807) is 11.3 Å². The van der Waals surface area contributed by atoms with Crippen LogP contribution < -0.4 is 5.32 Å². The summed E-state index contributed by atoms with van der Waals surface area (Å²) in [7, 11) is 0. The van der Waals surface area contributed by atoms with Crippen LogP contribution in [0.1, 0.15) is 36.1 Å². The van der Waals surface area contributed by atoms with Gasteiger partial charge in [0.1, 0.15) is 0 Å². The molecule has 0 aliphatic rings. The lowest BCUT2D eigenvalue weighted by atomic mass is 10.1. The van der Waals surface area contributed by atoms with Crippen LogP contribution in [-0.4, -0.2) is 10.1 Å². The van der Waals surface area contributed by atoms with Gasteiger partial charge in [0.2, 0.25) is 0 Å². The predicted molar refractivity (Wildman–Crippen MR) is 63.2 cm³/mol. The highest BCUT2D eigenvalue weighted by Crippen LogP contribution is 2.14. The molecule has 1 N–H and O–H groups in total. The van der Waals surface area contributed by atoms with E-state index in [9.17, 15) is 0 Å². The number of nitrogens with zero attached hydrogens (tertiary/aromatic N) is 2. The minimum Gasteiger partial charge on any atom is -0.360 e. The molecule has 2 aromatic rings. The Hall–Kier alpha value is -1.20. The number of hydrogen-bond acceptors (Lipinski definition) is 5. The highest BCUT2D eigenvalue weighted by Gasteiger charge is 2.06. The molecule has 2 rings (SSSR count). The molecule has 0 saturated heterocycles. The summed E-state index contributed by atoms with van der Waals surface area (Å²) >= 11 is 1.65. The van der Waals surface area contributed by atoms with E-state index in [1.165, 1.54) is 4.88 Å². The van der Waals surface area contributed by atoms with E-state index in [4.69, 9.17) is 4.52 Å². The zero-order valence-corrected chi connectivity index (χ0v) is 10.3. The molecule has 2 aromatic heterocycles. The fraction of sp³-hybridized carbons (Fsp3) is 0.455. The second-order valence-corrected chi connectivity index (χ2v) is 4.91. The van der Waals surface area contributed by atoms with Gasteiger partial charge in [0.25, 0.3) is 0 Å². The van der Waals surface area contributed by atoms with E-state index in [0.29, 0.717) is 12.5 Å². The Labute approximate surface area is 98.7 Å². The molecular weight excluding hydrogens is 222 g/mol. The van der Waals surface area contributed by atoms with Crippen LogP contribution in [0.5, 0.6) is 0 Å². The SMILES string of the molecule is CC(C)c1cc(CNCc2cncs2)on1. The fourth-order valence-corrected chi connectivity index (χ4v) is 1.89. The lowest BCUT2D eigenvalue weighted by Gasteiger charge is -1.98. The van der Waals surface area contributed by atoms with Crippen molar-refractivity contribution in [2.24, 2.45) is 0 Å². The summed E-state index contributed by atoms with van der Waals surface area (Å²) in [5, 5.41) is 7.30. The summed E-state index contributed by atoms with van der Waals surface area (Å²) in [6, 6.07) is 2.00. The summed E-state index contributed by atoms with van der Waals surface area (Å²) in [5.74, 6) is 1.30. The molecule has 0 bridgehead atoms. The molecule has 0 unspecified atom stereocenters.